The Morgan fingerprint density at radius 2 is 1.67 bits per heavy atom. The van der Waals surface area contributed by atoms with E-state index in [1.165, 1.54) is 10.6 Å². The number of hydrogen-bond donors (Lipinski definition) is 1. The fourth-order valence-electron chi connectivity index (χ4n) is 3.96. The molecule has 2 aromatic carbocycles. The van der Waals surface area contributed by atoms with Crippen LogP contribution in [-0.2, 0) is 32.6 Å². The minimum absolute atomic E-state index is 0.0123. The van der Waals surface area contributed by atoms with Gasteiger partial charge in [0.1, 0.15) is 6.04 Å². The third kappa shape index (κ3) is 8.66. The molecule has 2 unspecified atom stereocenters. The summed E-state index contributed by atoms with van der Waals surface area (Å²) in [5.41, 5.74) is 3.73. The smallest absolute Gasteiger partial charge is 0.242 e. The second-order valence-corrected chi connectivity index (χ2v) is 11.4. The minimum atomic E-state index is -3.51. The van der Waals surface area contributed by atoms with Crippen molar-refractivity contribution in [1.29, 1.82) is 0 Å². The lowest BCUT2D eigenvalue weighted by atomic mass is 10.1. The molecule has 1 N–H and O–H groups in total. The van der Waals surface area contributed by atoms with E-state index in [9.17, 15) is 18.0 Å². The standard InChI is InChI=1S/C28H41N3O4S/c1-7-22(4)29-28(33)23(5)30(20-25-12-9-11-21(3)19-25)27(32)13-10-18-31(36(6,34)35)26-16-14-24(8-2)15-17-26/h9,11-12,14-17,19,22-23H,7-8,10,13,18,20H2,1-6H3,(H,29,33). The first-order valence-electron chi connectivity index (χ1n) is 12.7. The molecule has 2 aromatic rings. The number of aryl methyl sites for hydroxylation is 2. The molecule has 0 aliphatic heterocycles. The van der Waals surface area contributed by atoms with Crippen LogP contribution in [0.15, 0.2) is 48.5 Å². The van der Waals surface area contributed by atoms with Gasteiger partial charge in [-0.25, -0.2) is 8.42 Å². The van der Waals surface area contributed by atoms with Crippen LogP contribution < -0.4 is 9.62 Å². The fraction of sp³-hybridized carbons (Fsp3) is 0.500. The largest absolute Gasteiger partial charge is 0.352 e. The molecule has 2 atom stereocenters. The lowest BCUT2D eigenvalue weighted by Gasteiger charge is -2.30. The number of hydrogen-bond acceptors (Lipinski definition) is 4. The highest BCUT2D eigenvalue weighted by Crippen LogP contribution is 2.20. The van der Waals surface area contributed by atoms with Gasteiger partial charge < -0.3 is 10.2 Å². The molecule has 36 heavy (non-hydrogen) atoms. The van der Waals surface area contributed by atoms with Crippen LogP contribution in [0.1, 0.15) is 63.6 Å². The van der Waals surface area contributed by atoms with Crippen LogP contribution in [0.5, 0.6) is 0 Å². The summed E-state index contributed by atoms with van der Waals surface area (Å²) in [5.74, 6) is -0.378. The summed E-state index contributed by atoms with van der Waals surface area (Å²) in [7, 11) is -3.51. The molecule has 0 heterocycles. The molecular formula is C28H41N3O4S. The van der Waals surface area contributed by atoms with Crippen LogP contribution in [0.4, 0.5) is 5.69 Å². The van der Waals surface area contributed by atoms with Crippen molar-refractivity contribution in [2.24, 2.45) is 0 Å². The van der Waals surface area contributed by atoms with Crippen molar-refractivity contribution in [2.45, 2.75) is 78.9 Å². The molecule has 2 amide bonds. The highest BCUT2D eigenvalue weighted by Gasteiger charge is 2.27. The summed E-state index contributed by atoms with van der Waals surface area (Å²) < 4.78 is 26.3. The van der Waals surface area contributed by atoms with E-state index < -0.39 is 16.1 Å². The zero-order chi connectivity index (χ0) is 26.9. The third-order valence-corrected chi connectivity index (χ3v) is 7.58. The van der Waals surface area contributed by atoms with Crippen molar-refractivity contribution in [1.82, 2.24) is 10.2 Å². The Bertz CT molecular complexity index is 1120. The lowest BCUT2D eigenvalue weighted by Crippen LogP contribution is -2.49. The van der Waals surface area contributed by atoms with Crippen LogP contribution >= 0.6 is 0 Å². The Morgan fingerprint density at radius 3 is 2.22 bits per heavy atom. The predicted molar refractivity (Wildman–Crippen MR) is 146 cm³/mol. The summed E-state index contributed by atoms with van der Waals surface area (Å²) in [6, 6.07) is 14.7. The molecule has 198 valence electrons. The number of rotatable bonds is 13. The zero-order valence-corrected chi connectivity index (χ0v) is 23.3. The van der Waals surface area contributed by atoms with Crippen LogP contribution in [-0.4, -0.2) is 50.0 Å². The summed E-state index contributed by atoms with van der Waals surface area (Å²) in [4.78, 5) is 27.8. The normalized spacial score (nSPS) is 13.1. The lowest BCUT2D eigenvalue weighted by molar-refractivity contribution is -0.140. The van der Waals surface area contributed by atoms with Gasteiger partial charge in [-0.15, -0.1) is 0 Å². The van der Waals surface area contributed by atoms with Gasteiger partial charge in [-0.3, -0.25) is 13.9 Å². The summed E-state index contributed by atoms with van der Waals surface area (Å²) in [5, 5.41) is 2.97. The number of sulfonamides is 1. The number of carbonyl (C=O) groups is 2. The van der Waals surface area contributed by atoms with Crippen molar-refractivity contribution in [3.8, 4) is 0 Å². The van der Waals surface area contributed by atoms with E-state index in [1.54, 1.807) is 24.0 Å². The van der Waals surface area contributed by atoms with E-state index in [-0.39, 0.29) is 30.8 Å². The number of carbonyl (C=O) groups excluding carboxylic acids is 2. The first kappa shape index (κ1) is 29.4. The summed E-state index contributed by atoms with van der Waals surface area (Å²) >= 11 is 0. The second-order valence-electron chi connectivity index (χ2n) is 9.46. The van der Waals surface area contributed by atoms with Crippen molar-refractivity contribution in [3.05, 3.63) is 65.2 Å². The van der Waals surface area contributed by atoms with Crippen molar-refractivity contribution >= 4 is 27.5 Å². The van der Waals surface area contributed by atoms with Gasteiger partial charge in [-0.2, -0.15) is 0 Å². The molecule has 0 radical (unpaired) electrons. The number of nitrogens with one attached hydrogen (secondary N) is 1. The van der Waals surface area contributed by atoms with Gasteiger partial charge in [0.2, 0.25) is 21.8 Å². The Balaban J connectivity index is 2.17. The van der Waals surface area contributed by atoms with Crippen LogP contribution in [0, 0.1) is 6.92 Å². The van der Waals surface area contributed by atoms with Crippen molar-refractivity contribution in [2.75, 3.05) is 17.1 Å². The topological polar surface area (TPSA) is 86.8 Å². The molecule has 0 aliphatic rings. The molecule has 0 aliphatic carbocycles. The van der Waals surface area contributed by atoms with Crippen molar-refractivity contribution in [3.63, 3.8) is 0 Å². The van der Waals surface area contributed by atoms with Gasteiger partial charge in [-0.1, -0.05) is 55.8 Å². The van der Waals surface area contributed by atoms with Crippen LogP contribution in [0.25, 0.3) is 0 Å². The molecule has 8 heteroatoms. The number of amides is 2. The molecule has 2 rings (SSSR count). The summed E-state index contributed by atoms with van der Waals surface area (Å²) in [6.07, 6.45) is 3.31. The average Bonchev–Trinajstić information content (AvgIpc) is 2.83. The minimum Gasteiger partial charge on any atom is -0.352 e. The van der Waals surface area contributed by atoms with Gasteiger partial charge in [0, 0.05) is 25.6 Å². The van der Waals surface area contributed by atoms with Crippen LogP contribution in [0.2, 0.25) is 0 Å². The zero-order valence-electron chi connectivity index (χ0n) is 22.5. The number of nitrogens with zero attached hydrogens (tertiary/aromatic N) is 2. The molecule has 0 bridgehead atoms. The first-order chi connectivity index (χ1) is 17.0. The molecule has 0 saturated carbocycles. The molecule has 0 spiro atoms. The molecule has 0 aromatic heterocycles. The second kappa shape index (κ2) is 13.4. The third-order valence-electron chi connectivity index (χ3n) is 6.39. The van der Waals surface area contributed by atoms with Gasteiger partial charge in [-0.05, 0) is 63.3 Å². The Morgan fingerprint density at radius 1 is 1.00 bits per heavy atom. The molecule has 0 fully saturated rings. The Hall–Kier alpha value is -2.87. The van der Waals surface area contributed by atoms with E-state index >= 15 is 0 Å². The molecule has 0 saturated heterocycles. The quantitative estimate of drug-likeness (QED) is 0.427. The monoisotopic (exact) mass is 515 g/mol. The molecular weight excluding hydrogens is 474 g/mol. The average molecular weight is 516 g/mol. The van der Waals surface area contributed by atoms with E-state index in [2.05, 4.69) is 5.32 Å². The van der Waals surface area contributed by atoms with E-state index in [1.807, 2.05) is 64.1 Å². The Labute approximate surface area is 216 Å². The summed E-state index contributed by atoms with van der Waals surface area (Å²) in [6.45, 7) is 10.2. The first-order valence-corrected chi connectivity index (χ1v) is 14.5. The van der Waals surface area contributed by atoms with E-state index in [0.717, 1.165) is 29.5 Å². The number of anilines is 1. The van der Waals surface area contributed by atoms with Gasteiger partial charge >= 0.3 is 0 Å². The maximum Gasteiger partial charge on any atom is 0.242 e. The maximum atomic E-state index is 13.4. The Kier molecular flexibility index (Phi) is 11.0. The van der Waals surface area contributed by atoms with E-state index in [4.69, 9.17) is 0 Å². The predicted octanol–water partition coefficient (Wildman–Crippen LogP) is 4.44. The van der Waals surface area contributed by atoms with E-state index in [0.29, 0.717) is 18.7 Å². The van der Waals surface area contributed by atoms with Gasteiger partial charge in [0.25, 0.3) is 0 Å². The molecule has 7 nitrogen and oxygen atoms in total. The highest BCUT2D eigenvalue weighted by atomic mass is 32.2. The van der Waals surface area contributed by atoms with Crippen LogP contribution in [0.3, 0.4) is 0 Å². The highest BCUT2D eigenvalue weighted by molar-refractivity contribution is 7.92. The fourth-order valence-corrected chi connectivity index (χ4v) is 4.92. The van der Waals surface area contributed by atoms with Gasteiger partial charge in [0.05, 0.1) is 11.9 Å². The van der Waals surface area contributed by atoms with Crippen molar-refractivity contribution < 1.29 is 18.0 Å². The SMILES string of the molecule is CCc1ccc(N(CCCC(=O)N(Cc2cccc(C)c2)C(C)C(=O)NC(C)CC)S(C)(=O)=O)cc1. The maximum absolute atomic E-state index is 13.4. The number of benzene rings is 2. The van der Waals surface area contributed by atoms with Gasteiger partial charge in [0.15, 0.2) is 0 Å².